The van der Waals surface area contributed by atoms with E-state index in [-0.39, 0.29) is 36.8 Å². The summed E-state index contributed by atoms with van der Waals surface area (Å²) in [5.41, 5.74) is 1.81. The molecule has 15 nitrogen and oxygen atoms in total. The molecule has 16 heteroatoms. The van der Waals surface area contributed by atoms with Gasteiger partial charge in [0.1, 0.15) is 23.3 Å². The molecule has 1 aromatic rings. The van der Waals surface area contributed by atoms with Crippen LogP contribution in [0.3, 0.4) is 0 Å². The lowest BCUT2D eigenvalue weighted by Crippen LogP contribution is -2.55. The molecule has 292 valence electrons. The maximum Gasteiger partial charge on any atom is 0.437 e. The molecular weight excluding hydrogens is 705 g/mol. The summed E-state index contributed by atoms with van der Waals surface area (Å²) in [5.74, 6) is -1.33. The fourth-order valence-electron chi connectivity index (χ4n) is 6.29. The van der Waals surface area contributed by atoms with E-state index in [0.717, 1.165) is 29.7 Å². The highest BCUT2D eigenvalue weighted by Gasteiger charge is 2.39. The molecule has 0 unspecified atom stereocenters. The number of carbonyl (C=O) groups excluding carboxylic acids is 4. The van der Waals surface area contributed by atoms with E-state index in [9.17, 15) is 27.6 Å². The van der Waals surface area contributed by atoms with Crippen LogP contribution in [0.5, 0.6) is 0 Å². The lowest BCUT2D eigenvalue weighted by molar-refractivity contribution is -0.153. The van der Waals surface area contributed by atoms with Gasteiger partial charge in [0.25, 0.3) is 0 Å². The van der Waals surface area contributed by atoms with E-state index >= 15 is 0 Å². The number of amides is 3. The quantitative estimate of drug-likeness (QED) is 0.136. The number of rotatable bonds is 7. The first-order chi connectivity index (χ1) is 24.6. The Balaban J connectivity index is 1.67. The number of likely N-dealkylation sites (N-methyl/N-ethyl adjacent to an activating group) is 1. The minimum Gasteiger partial charge on any atom is -0.467 e. The summed E-state index contributed by atoms with van der Waals surface area (Å²) in [7, 11) is -1.03. The molecule has 3 amide bonds. The molecule has 4 rings (SSSR count). The van der Waals surface area contributed by atoms with Gasteiger partial charge in [0.15, 0.2) is 0 Å². The van der Waals surface area contributed by atoms with Crippen molar-refractivity contribution in [3.8, 4) is 0 Å². The van der Waals surface area contributed by atoms with Gasteiger partial charge in [-0.05, 0) is 104 Å². The van der Waals surface area contributed by atoms with Gasteiger partial charge in [-0.15, -0.1) is 4.99 Å². The monoisotopic (exact) mass is 758 g/mol. The summed E-state index contributed by atoms with van der Waals surface area (Å²) in [5, 5.41) is 2.56. The zero-order chi connectivity index (χ0) is 39.3. The maximum atomic E-state index is 14.4. The van der Waals surface area contributed by atoms with Crippen molar-refractivity contribution in [2.75, 3.05) is 40.3 Å². The van der Waals surface area contributed by atoms with Crippen molar-refractivity contribution in [3.63, 3.8) is 0 Å². The predicted molar refractivity (Wildman–Crippen MR) is 198 cm³/mol. The number of hydrogen-bond acceptors (Lipinski definition) is 10. The average molecular weight is 759 g/mol. The first kappa shape index (κ1) is 41.5. The largest absolute Gasteiger partial charge is 0.467 e. The molecule has 0 fully saturated rings. The highest BCUT2D eigenvalue weighted by molar-refractivity contribution is 7.89. The van der Waals surface area contributed by atoms with Gasteiger partial charge in [0.2, 0.25) is 21.9 Å². The number of esters is 1. The second-order valence-corrected chi connectivity index (χ2v) is 17.4. The van der Waals surface area contributed by atoms with Gasteiger partial charge >= 0.3 is 18.2 Å². The fourth-order valence-corrected chi connectivity index (χ4v) is 7.53. The lowest BCUT2D eigenvalue weighted by atomic mass is 9.97. The highest BCUT2D eigenvalue weighted by Crippen LogP contribution is 2.26. The normalized spacial score (nSPS) is 19.3. The Hall–Kier alpha value is -4.28. The van der Waals surface area contributed by atoms with Crippen LogP contribution in [0.4, 0.5) is 9.59 Å². The Morgan fingerprint density at radius 1 is 0.981 bits per heavy atom. The van der Waals surface area contributed by atoms with Crippen LogP contribution in [0.15, 0.2) is 51.4 Å². The van der Waals surface area contributed by atoms with Crippen molar-refractivity contribution >= 4 is 40.0 Å². The van der Waals surface area contributed by atoms with E-state index in [2.05, 4.69) is 19.9 Å². The van der Waals surface area contributed by atoms with Gasteiger partial charge in [-0.1, -0.05) is 29.4 Å². The van der Waals surface area contributed by atoms with Gasteiger partial charge < -0.3 is 28.9 Å². The fraction of sp³-hybridized carbons (Fsp3) is 0.595. The van der Waals surface area contributed by atoms with Gasteiger partial charge in [0.05, 0.1) is 12.0 Å². The van der Waals surface area contributed by atoms with Crippen molar-refractivity contribution in [1.29, 1.82) is 0 Å². The van der Waals surface area contributed by atoms with E-state index in [1.54, 1.807) is 58.6 Å². The summed E-state index contributed by atoms with van der Waals surface area (Å²) < 4.78 is 46.6. The Labute approximate surface area is 312 Å². The molecule has 0 radical (unpaired) electrons. The van der Waals surface area contributed by atoms with E-state index in [0.29, 0.717) is 25.1 Å². The number of aliphatic imine (C=N–C) groups is 1. The van der Waals surface area contributed by atoms with Crippen LogP contribution in [-0.4, -0.2) is 117 Å². The van der Waals surface area contributed by atoms with Gasteiger partial charge in [-0.25, -0.2) is 22.8 Å². The Morgan fingerprint density at radius 3 is 2.34 bits per heavy atom. The number of fused-ring (bicyclic) bond motifs is 1. The molecule has 0 aliphatic carbocycles. The molecule has 53 heavy (non-hydrogen) atoms. The minimum absolute atomic E-state index is 0.0239. The van der Waals surface area contributed by atoms with Crippen molar-refractivity contribution < 1.29 is 41.8 Å². The van der Waals surface area contributed by atoms with Gasteiger partial charge in [-0.2, -0.15) is 4.72 Å². The molecule has 2 N–H and O–H groups in total. The Bertz CT molecular complexity index is 1770. The molecule has 3 aliphatic heterocycles. The van der Waals surface area contributed by atoms with Crippen LogP contribution >= 0.6 is 0 Å². The third-order valence-electron chi connectivity index (χ3n) is 8.77. The third-order valence-corrected chi connectivity index (χ3v) is 10.2. The van der Waals surface area contributed by atoms with Crippen LogP contribution in [0.2, 0.25) is 0 Å². The number of methoxy groups -OCH3 is 1. The molecule has 0 aromatic heterocycles. The molecule has 0 bridgehead atoms. The number of nitrogens with one attached hydrogen (secondary N) is 2. The molecule has 2 atom stereocenters. The standard InChI is InChI=1S/C37H54N6O9S/c1-24-14-18-43(30(19-24)32(45)50-9)31(44)29(40-53(48,49)28-13-12-26-15-17-41(8)23-27(26)21-28)20-25-11-10-16-42(22-25)33(38-34(46)51-36(2,3)4)39-35(47)52-37(5,6)7/h11-14,21,29-30,40H,10,15-20,22-23H2,1-9H3,(H,38,39,46,47)/t29-,30-/m0/s1. The zero-order valence-electron chi connectivity index (χ0n) is 32.3. The topological polar surface area (TPSA) is 176 Å². The van der Waals surface area contributed by atoms with Crippen molar-refractivity contribution in [1.82, 2.24) is 24.7 Å². The first-order valence-electron chi connectivity index (χ1n) is 17.8. The van der Waals surface area contributed by atoms with E-state index < -0.39 is 57.4 Å². The number of nitrogens with zero attached hydrogens (tertiary/aromatic N) is 4. The first-order valence-corrected chi connectivity index (χ1v) is 19.2. The lowest BCUT2D eigenvalue weighted by Gasteiger charge is -2.36. The average Bonchev–Trinajstić information content (AvgIpc) is 3.05. The van der Waals surface area contributed by atoms with Crippen LogP contribution in [0.25, 0.3) is 0 Å². The number of guanidine groups is 1. The van der Waals surface area contributed by atoms with Crippen LogP contribution < -0.4 is 10.0 Å². The van der Waals surface area contributed by atoms with Crippen molar-refractivity contribution in [3.05, 3.63) is 52.6 Å². The maximum absolute atomic E-state index is 14.4. The minimum atomic E-state index is -4.24. The SMILES string of the molecule is COC(=O)[C@@H]1CC(C)=CCN1C(=O)[C@H](CC1=CCCN(C(=NC(=O)OC(C)(C)C)NC(=O)OC(C)(C)C)C1)NS(=O)(=O)c1ccc2c(c1)CN(C)CC2. The van der Waals surface area contributed by atoms with E-state index in [1.165, 1.54) is 12.0 Å². The number of ether oxygens (including phenoxy) is 3. The second-order valence-electron chi connectivity index (χ2n) is 15.7. The summed E-state index contributed by atoms with van der Waals surface area (Å²) >= 11 is 0. The number of benzene rings is 1. The number of sulfonamides is 1. The second kappa shape index (κ2) is 16.8. The van der Waals surface area contributed by atoms with Crippen molar-refractivity contribution in [2.45, 2.75) is 109 Å². The van der Waals surface area contributed by atoms with Crippen LogP contribution in [0, 0.1) is 0 Å². The molecule has 0 spiro atoms. The third kappa shape index (κ3) is 11.9. The number of carbonyl (C=O) groups is 4. The van der Waals surface area contributed by atoms with E-state index in [1.807, 2.05) is 32.2 Å². The highest BCUT2D eigenvalue weighted by atomic mass is 32.2. The van der Waals surface area contributed by atoms with Gasteiger partial charge in [-0.3, -0.25) is 10.1 Å². The molecular formula is C37H54N6O9S. The molecule has 3 heterocycles. The Morgan fingerprint density at radius 2 is 1.68 bits per heavy atom. The number of alkyl carbamates (subject to hydrolysis) is 1. The van der Waals surface area contributed by atoms with Crippen LogP contribution in [-0.2, 0) is 46.8 Å². The van der Waals surface area contributed by atoms with E-state index in [4.69, 9.17) is 14.2 Å². The smallest absolute Gasteiger partial charge is 0.437 e. The Kier molecular flexibility index (Phi) is 13.2. The summed E-state index contributed by atoms with van der Waals surface area (Å²) in [4.78, 5) is 62.1. The molecule has 0 saturated carbocycles. The molecule has 1 aromatic carbocycles. The molecule has 0 saturated heterocycles. The zero-order valence-corrected chi connectivity index (χ0v) is 33.1. The van der Waals surface area contributed by atoms with Crippen molar-refractivity contribution in [2.24, 2.45) is 4.99 Å². The summed E-state index contributed by atoms with van der Waals surface area (Å²) in [6.07, 6.45) is 3.32. The summed E-state index contributed by atoms with van der Waals surface area (Å²) in [6, 6.07) is 2.73. The summed E-state index contributed by atoms with van der Waals surface area (Å²) in [6.45, 7) is 14.0. The molecule has 3 aliphatic rings. The number of hydrogen-bond donors (Lipinski definition) is 2. The van der Waals surface area contributed by atoms with Gasteiger partial charge in [0, 0.05) is 32.7 Å². The predicted octanol–water partition coefficient (Wildman–Crippen LogP) is 3.88. The van der Waals surface area contributed by atoms with Crippen LogP contribution in [0.1, 0.15) is 78.9 Å².